The molecule has 8 heteroatoms. The summed E-state index contributed by atoms with van der Waals surface area (Å²) in [5, 5.41) is 10.4. The molecule has 0 saturated heterocycles. The van der Waals surface area contributed by atoms with E-state index in [1.165, 1.54) is 12.1 Å². The third-order valence-corrected chi connectivity index (χ3v) is 1.80. The number of rotatable bonds is 2. The number of carbonyl (C=O) groups is 2. The fraction of sp³-hybridized carbons (Fsp3) is 0.333. The number of hydrogen-bond acceptors (Lipinski definition) is 7. The number of benzene rings is 1. The van der Waals surface area contributed by atoms with Crippen molar-refractivity contribution in [2.75, 3.05) is 0 Å². The number of hydrogen-bond donors (Lipinski definition) is 0. The molecule has 1 aromatic carbocycles. The van der Waals surface area contributed by atoms with Gasteiger partial charge in [-0.05, 0) is 32.9 Å². The largest absolute Gasteiger partial charge is 0.524 e. The van der Waals surface area contributed by atoms with Gasteiger partial charge in [-0.25, -0.2) is 9.59 Å². The van der Waals surface area contributed by atoms with Gasteiger partial charge < -0.3 is 14.2 Å². The third-order valence-electron chi connectivity index (χ3n) is 1.80. The lowest BCUT2D eigenvalue weighted by Crippen LogP contribution is -2.27. The van der Waals surface area contributed by atoms with E-state index in [9.17, 15) is 19.7 Å². The zero-order valence-electron chi connectivity index (χ0n) is 11.1. The molecule has 0 heterocycles. The summed E-state index contributed by atoms with van der Waals surface area (Å²) >= 11 is 0. The maximum absolute atomic E-state index is 11.2. The highest BCUT2D eigenvalue weighted by molar-refractivity contribution is 5.78. The van der Waals surface area contributed by atoms with E-state index in [-0.39, 0.29) is 11.4 Å². The van der Waals surface area contributed by atoms with Crippen LogP contribution >= 0.6 is 0 Å². The predicted molar refractivity (Wildman–Crippen MR) is 66.4 cm³/mol. The van der Waals surface area contributed by atoms with Gasteiger partial charge in [-0.15, -0.1) is 0 Å². The standard InChI is InChI=1S/C12H13NO7/c1-12(2,3)20-11(15)19-10(14)18-9-6-4-8(5-7-9)13(16)17/h4-7H,1-3H3. The molecule has 0 unspecified atom stereocenters. The molecule has 0 aliphatic rings. The van der Waals surface area contributed by atoms with Crippen molar-refractivity contribution in [1.82, 2.24) is 0 Å². The predicted octanol–water partition coefficient (Wildman–Crippen LogP) is 3.05. The molecule has 0 radical (unpaired) electrons. The number of non-ortho nitro benzene ring substituents is 1. The van der Waals surface area contributed by atoms with Crippen LogP contribution in [-0.2, 0) is 9.47 Å². The second-order valence-electron chi connectivity index (χ2n) is 4.67. The second kappa shape index (κ2) is 6.00. The van der Waals surface area contributed by atoms with Crippen molar-refractivity contribution in [3.63, 3.8) is 0 Å². The number of carbonyl (C=O) groups excluding carboxylic acids is 2. The lowest BCUT2D eigenvalue weighted by Gasteiger charge is -2.17. The second-order valence-corrected chi connectivity index (χ2v) is 4.67. The first-order chi connectivity index (χ1) is 9.17. The molecule has 0 aliphatic carbocycles. The van der Waals surface area contributed by atoms with Gasteiger partial charge in [0.15, 0.2) is 0 Å². The van der Waals surface area contributed by atoms with Crippen LogP contribution in [0.1, 0.15) is 20.8 Å². The number of nitro benzene ring substituents is 1. The fourth-order valence-corrected chi connectivity index (χ4v) is 1.09. The zero-order chi connectivity index (χ0) is 15.3. The van der Waals surface area contributed by atoms with Crippen molar-refractivity contribution >= 4 is 18.0 Å². The van der Waals surface area contributed by atoms with Crippen LogP contribution in [-0.4, -0.2) is 22.8 Å². The number of nitrogens with zero attached hydrogens (tertiary/aromatic N) is 1. The van der Waals surface area contributed by atoms with Gasteiger partial charge in [-0.3, -0.25) is 10.1 Å². The molecule has 20 heavy (non-hydrogen) atoms. The lowest BCUT2D eigenvalue weighted by molar-refractivity contribution is -0.384. The molecular formula is C12H13NO7. The van der Waals surface area contributed by atoms with Gasteiger partial charge in [-0.2, -0.15) is 0 Å². The Balaban J connectivity index is 2.54. The summed E-state index contributed by atoms with van der Waals surface area (Å²) < 4.78 is 13.6. The Morgan fingerprint density at radius 1 is 1.10 bits per heavy atom. The summed E-state index contributed by atoms with van der Waals surface area (Å²) in [5.41, 5.74) is -0.956. The molecule has 0 amide bonds. The molecule has 8 nitrogen and oxygen atoms in total. The van der Waals surface area contributed by atoms with Crippen LogP contribution in [0, 0.1) is 10.1 Å². The quantitative estimate of drug-likeness (QED) is 0.270. The average Bonchev–Trinajstić information content (AvgIpc) is 2.26. The Bertz CT molecular complexity index is 516. The monoisotopic (exact) mass is 283 g/mol. The number of nitro groups is 1. The lowest BCUT2D eigenvalue weighted by atomic mass is 10.2. The first kappa shape index (κ1) is 15.4. The van der Waals surface area contributed by atoms with Crippen LogP contribution in [0.2, 0.25) is 0 Å². The van der Waals surface area contributed by atoms with Gasteiger partial charge >= 0.3 is 12.3 Å². The van der Waals surface area contributed by atoms with E-state index in [0.717, 1.165) is 12.1 Å². The molecule has 1 aromatic rings. The third kappa shape index (κ3) is 5.34. The Morgan fingerprint density at radius 2 is 1.65 bits per heavy atom. The Kier molecular flexibility index (Phi) is 4.63. The molecule has 108 valence electrons. The van der Waals surface area contributed by atoms with E-state index in [2.05, 4.69) is 9.47 Å². The highest BCUT2D eigenvalue weighted by Gasteiger charge is 2.21. The topological polar surface area (TPSA) is 105 Å². The van der Waals surface area contributed by atoms with Crippen molar-refractivity contribution in [1.29, 1.82) is 0 Å². The van der Waals surface area contributed by atoms with Crippen LogP contribution in [0.25, 0.3) is 0 Å². The summed E-state index contributed by atoms with van der Waals surface area (Å²) in [6, 6.07) is 4.70. The smallest absolute Gasteiger partial charge is 0.428 e. The van der Waals surface area contributed by atoms with Crippen LogP contribution < -0.4 is 4.74 Å². The molecule has 0 saturated carbocycles. The highest BCUT2D eigenvalue weighted by Crippen LogP contribution is 2.18. The molecule has 0 aromatic heterocycles. The summed E-state index contributed by atoms with van der Waals surface area (Å²) in [4.78, 5) is 32.2. The molecule has 0 bridgehead atoms. The summed E-state index contributed by atoms with van der Waals surface area (Å²) in [6.07, 6.45) is -2.47. The average molecular weight is 283 g/mol. The van der Waals surface area contributed by atoms with E-state index in [1.54, 1.807) is 20.8 Å². The van der Waals surface area contributed by atoms with E-state index >= 15 is 0 Å². The van der Waals surface area contributed by atoms with Gasteiger partial charge in [0.05, 0.1) is 4.92 Å². The minimum absolute atomic E-state index is 0.00385. The van der Waals surface area contributed by atoms with Crippen molar-refractivity contribution in [2.24, 2.45) is 0 Å². The minimum atomic E-state index is -1.28. The number of ether oxygens (including phenoxy) is 3. The SMILES string of the molecule is CC(C)(C)OC(=O)OC(=O)Oc1ccc([N+](=O)[O-])cc1. The van der Waals surface area contributed by atoms with E-state index in [4.69, 9.17) is 4.74 Å². The van der Waals surface area contributed by atoms with Crippen LogP contribution in [0.4, 0.5) is 15.3 Å². The minimum Gasteiger partial charge on any atom is -0.428 e. The molecular weight excluding hydrogens is 270 g/mol. The summed E-state index contributed by atoms with van der Waals surface area (Å²) in [5.74, 6) is 0.00385. The van der Waals surface area contributed by atoms with Gasteiger partial charge in [0, 0.05) is 12.1 Å². The van der Waals surface area contributed by atoms with Crippen molar-refractivity contribution in [3.05, 3.63) is 34.4 Å². The summed E-state index contributed by atoms with van der Waals surface area (Å²) in [7, 11) is 0. The van der Waals surface area contributed by atoms with Crippen LogP contribution in [0.15, 0.2) is 24.3 Å². The van der Waals surface area contributed by atoms with E-state index < -0.39 is 22.8 Å². The maximum Gasteiger partial charge on any atom is 0.524 e. The maximum atomic E-state index is 11.2. The highest BCUT2D eigenvalue weighted by atomic mass is 16.8. The summed E-state index contributed by atoms with van der Waals surface area (Å²) in [6.45, 7) is 4.82. The van der Waals surface area contributed by atoms with Crippen molar-refractivity contribution < 1.29 is 28.7 Å². The molecule has 0 aliphatic heterocycles. The van der Waals surface area contributed by atoms with Crippen molar-refractivity contribution in [3.8, 4) is 5.75 Å². The molecule has 1 rings (SSSR count). The molecule has 0 atom stereocenters. The van der Waals surface area contributed by atoms with E-state index in [1.807, 2.05) is 0 Å². The Hall–Kier alpha value is -2.64. The van der Waals surface area contributed by atoms with E-state index in [0.29, 0.717) is 0 Å². The molecule has 0 N–H and O–H groups in total. The molecule has 0 spiro atoms. The molecule has 0 fully saturated rings. The van der Waals surface area contributed by atoms with Gasteiger partial charge in [-0.1, -0.05) is 0 Å². The first-order valence-electron chi connectivity index (χ1n) is 5.54. The van der Waals surface area contributed by atoms with Gasteiger partial charge in [0.25, 0.3) is 5.69 Å². The van der Waals surface area contributed by atoms with Crippen molar-refractivity contribution in [2.45, 2.75) is 26.4 Å². The van der Waals surface area contributed by atoms with Gasteiger partial charge in [0.2, 0.25) is 0 Å². The zero-order valence-corrected chi connectivity index (χ0v) is 11.1. The van der Waals surface area contributed by atoms with Crippen LogP contribution in [0.5, 0.6) is 5.75 Å². The fourth-order valence-electron chi connectivity index (χ4n) is 1.09. The van der Waals surface area contributed by atoms with Gasteiger partial charge in [0.1, 0.15) is 11.4 Å². The normalized spacial score (nSPS) is 10.6. The van der Waals surface area contributed by atoms with Crippen LogP contribution in [0.3, 0.4) is 0 Å². The first-order valence-corrected chi connectivity index (χ1v) is 5.54. The Labute approximate surface area is 114 Å². The Morgan fingerprint density at radius 3 is 2.10 bits per heavy atom.